The maximum atomic E-state index is 5.46. The van der Waals surface area contributed by atoms with E-state index in [1.807, 2.05) is 0 Å². The molecule has 0 spiro atoms. The molecule has 0 atom stereocenters. The largest absolute Gasteiger partial charge is 0.327 e. The lowest BCUT2D eigenvalue weighted by Gasteiger charge is -1.94. The van der Waals surface area contributed by atoms with Crippen molar-refractivity contribution in [1.82, 2.24) is 0 Å². The van der Waals surface area contributed by atoms with Crippen molar-refractivity contribution in [1.29, 1.82) is 0 Å². The highest BCUT2D eigenvalue weighted by Crippen LogP contribution is 1.97. The van der Waals surface area contributed by atoms with Gasteiger partial charge in [-0.25, -0.2) is 0 Å². The molecule has 0 fully saturated rings. The first-order chi connectivity index (χ1) is 4.85. The predicted molar refractivity (Wildman–Crippen MR) is 46.9 cm³/mol. The first-order valence-electron chi connectivity index (χ1n) is 3.89. The molecular formula is C9H17N. The lowest BCUT2D eigenvalue weighted by atomic mass is 10.2. The molecule has 0 unspecified atom stereocenters. The van der Waals surface area contributed by atoms with Crippen LogP contribution in [-0.4, -0.2) is 6.54 Å². The van der Waals surface area contributed by atoms with Crippen LogP contribution >= 0.6 is 0 Å². The fourth-order valence-electron chi connectivity index (χ4n) is 0.670. The summed E-state index contributed by atoms with van der Waals surface area (Å²) >= 11 is 0. The van der Waals surface area contributed by atoms with Crippen molar-refractivity contribution < 1.29 is 0 Å². The van der Waals surface area contributed by atoms with Gasteiger partial charge in [0.2, 0.25) is 0 Å². The summed E-state index contributed by atoms with van der Waals surface area (Å²) in [5.74, 6) is 0. The average Bonchev–Trinajstić information content (AvgIpc) is 1.99. The molecule has 0 aromatic heterocycles. The van der Waals surface area contributed by atoms with Crippen molar-refractivity contribution >= 4 is 0 Å². The minimum atomic E-state index is 0.685. The summed E-state index contributed by atoms with van der Waals surface area (Å²) in [7, 11) is 0. The molecular weight excluding hydrogens is 122 g/mol. The molecule has 0 aromatic carbocycles. The van der Waals surface area contributed by atoms with Crippen LogP contribution in [0.4, 0.5) is 0 Å². The topological polar surface area (TPSA) is 26.0 Å². The Morgan fingerprint density at radius 1 is 1.40 bits per heavy atom. The Hall–Kier alpha value is -0.560. The van der Waals surface area contributed by atoms with E-state index in [-0.39, 0.29) is 0 Å². The monoisotopic (exact) mass is 139 g/mol. The standard InChI is InChI=1S/C9H17N/c1-3-5-6-7-9(4-2)8-10/h5-7H,3-4,8,10H2,1-2H3/b6-5-,9-7-. The highest BCUT2D eigenvalue weighted by Gasteiger charge is 1.84. The summed E-state index contributed by atoms with van der Waals surface area (Å²) in [6, 6.07) is 0. The maximum Gasteiger partial charge on any atom is 0.0139 e. The van der Waals surface area contributed by atoms with Gasteiger partial charge in [-0.1, -0.05) is 37.6 Å². The number of allylic oxidation sites excluding steroid dienone is 3. The molecule has 10 heavy (non-hydrogen) atoms. The van der Waals surface area contributed by atoms with Gasteiger partial charge in [-0.3, -0.25) is 0 Å². The van der Waals surface area contributed by atoms with Crippen LogP contribution in [0.15, 0.2) is 23.8 Å². The number of hydrogen-bond acceptors (Lipinski definition) is 1. The van der Waals surface area contributed by atoms with E-state index in [9.17, 15) is 0 Å². The highest BCUT2D eigenvalue weighted by molar-refractivity contribution is 5.12. The van der Waals surface area contributed by atoms with Crippen LogP contribution in [0.5, 0.6) is 0 Å². The second kappa shape index (κ2) is 6.56. The van der Waals surface area contributed by atoms with Crippen LogP contribution < -0.4 is 5.73 Å². The molecule has 0 aliphatic rings. The molecule has 0 heterocycles. The lowest BCUT2D eigenvalue weighted by Crippen LogP contribution is -2.01. The quantitative estimate of drug-likeness (QED) is 0.594. The lowest BCUT2D eigenvalue weighted by molar-refractivity contribution is 1.01. The second-order valence-electron chi connectivity index (χ2n) is 2.22. The fraction of sp³-hybridized carbons (Fsp3) is 0.556. The third-order valence-electron chi connectivity index (χ3n) is 1.42. The zero-order valence-electron chi connectivity index (χ0n) is 6.93. The summed E-state index contributed by atoms with van der Waals surface area (Å²) in [6.07, 6.45) is 8.46. The molecule has 1 heteroatoms. The van der Waals surface area contributed by atoms with Crippen LogP contribution in [-0.2, 0) is 0 Å². The van der Waals surface area contributed by atoms with Crippen LogP contribution in [0.2, 0.25) is 0 Å². The van der Waals surface area contributed by atoms with Crippen molar-refractivity contribution in [2.45, 2.75) is 26.7 Å². The van der Waals surface area contributed by atoms with E-state index in [1.54, 1.807) is 0 Å². The molecule has 0 aliphatic carbocycles. The van der Waals surface area contributed by atoms with Crippen LogP contribution in [0.25, 0.3) is 0 Å². The van der Waals surface area contributed by atoms with Crippen LogP contribution in [0, 0.1) is 0 Å². The molecule has 0 saturated carbocycles. The zero-order chi connectivity index (χ0) is 7.82. The minimum absolute atomic E-state index is 0.685. The fourth-order valence-corrected chi connectivity index (χ4v) is 0.670. The Morgan fingerprint density at radius 2 is 2.10 bits per heavy atom. The summed E-state index contributed by atoms with van der Waals surface area (Å²) < 4.78 is 0. The summed E-state index contributed by atoms with van der Waals surface area (Å²) in [4.78, 5) is 0. The maximum absolute atomic E-state index is 5.46. The summed E-state index contributed by atoms with van der Waals surface area (Å²) in [5, 5.41) is 0. The Kier molecular flexibility index (Phi) is 6.19. The van der Waals surface area contributed by atoms with Gasteiger partial charge < -0.3 is 5.73 Å². The van der Waals surface area contributed by atoms with Gasteiger partial charge in [-0.05, 0) is 12.8 Å². The molecule has 0 saturated heterocycles. The van der Waals surface area contributed by atoms with Crippen molar-refractivity contribution in [3.05, 3.63) is 23.8 Å². The molecule has 0 aliphatic heterocycles. The van der Waals surface area contributed by atoms with Crippen molar-refractivity contribution in [2.75, 3.05) is 6.54 Å². The molecule has 1 nitrogen and oxygen atoms in total. The van der Waals surface area contributed by atoms with Gasteiger partial charge in [0.05, 0.1) is 0 Å². The van der Waals surface area contributed by atoms with Gasteiger partial charge in [0.25, 0.3) is 0 Å². The van der Waals surface area contributed by atoms with E-state index >= 15 is 0 Å². The molecule has 0 rings (SSSR count). The van der Waals surface area contributed by atoms with Crippen molar-refractivity contribution in [2.24, 2.45) is 5.73 Å². The predicted octanol–water partition coefficient (Wildman–Crippen LogP) is 2.25. The van der Waals surface area contributed by atoms with E-state index in [2.05, 4.69) is 32.1 Å². The van der Waals surface area contributed by atoms with E-state index in [0.717, 1.165) is 12.8 Å². The molecule has 0 bridgehead atoms. The number of hydrogen-bond donors (Lipinski definition) is 1. The van der Waals surface area contributed by atoms with Crippen molar-refractivity contribution in [3.63, 3.8) is 0 Å². The van der Waals surface area contributed by atoms with Gasteiger partial charge in [-0.2, -0.15) is 0 Å². The van der Waals surface area contributed by atoms with Gasteiger partial charge in [0, 0.05) is 6.54 Å². The third kappa shape index (κ3) is 4.33. The SMILES string of the molecule is CC/C=C\C=C(\CC)CN. The van der Waals surface area contributed by atoms with Gasteiger partial charge in [0.1, 0.15) is 0 Å². The number of nitrogens with two attached hydrogens (primary N) is 1. The Morgan fingerprint density at radius 3 is 2.50 bits per heavy atom. The molecule has 2 N–H and O–H groups in total. The third-order valence-corrected chi connectivity index (χ3v) is 1.42. The van der Waals surface area contributed by atoms with E-state index in [4.69, 9.17) is 5.73 Å². The van der Waals surface area contributed by atoms with Crippen LogP contribution in [0.1, 0.15) is 26.7 Å². The second-order valence-corrected chi connectivity index (χ2v) is 2.22. The molecule has 58 valence electrons. The summed E-state index contributed by atoms with van der Waals surface area (Å²) in [6.45, 7) is 4.93. The van der Waals surface area contributed by atoms with E-state index in [0.29, 0.717) is 6.54 Å². The van der Waals surface area contributed by atoms with Crippen LogP contribution in [0.3, 0.4) is 0 Å². The Labute approximate surface area is 63.6 Å². The van der Waals surface area contributed by atoms with Gasteiger partial charge >= 0.3 is 0 Å². The highest BCUT2D eigenvalue weighted by atomic mass is 14.5. The van der Waals surface area contributed by atoms with E-state index in [1.165, 1.54) is 5.57 Å². The number of rotatable bonds is 4. The zero-order valence-corrected chi connectivity index (χ0v) is 6.93. The molecule has 0 radical (unpaired) electrons. The first-order valence-corrected chi connectivity index (χ1v) is 3.89. The van der Waals surface area contributed by atoms with E-state index < -0.39 is 0 Å². The molecule has 0 aromatic rings. The Bertz CT molecular complexity index is 117. The first kappa shape index (κ1) is 9.44. The van der Waals surface area contributed by atoms with Gasteiger partial charge in [0.15, 0.2) is 0 Å². The minimum Gasteiger partial charge on any atom is -0.327 e. The molecule has 0 amide bonds. The van der Waals surface area contributed by atoms with Gasteiger partial charge in [-0.15, -0.1) is 0 Å². The van der Waals surface area contributed by atoms with Crippen molar-refractivity contribution in [3.8, 4) is 0 Å². The average molecular weight is 139 g/mol. The smallest absolute Gasteiger partial charge is 0.0139 e. The normalized spacial score (nSPS) is 12.9. The summed E-state index contributed by atoms with van der Waals surface area (Å²) in [5.41, 5.74) is 6.77. The Balaban J connectivity index is 3.74.